The number of esters is 1. The lowest BCUT2D eigenvalue weighted by Gasteiger charge is -2.16. The zero-order valence-corrected chi connectivity index (χ0v) is 16.1. The Kier molecular flexibility index (Phi) is 5.51. The van der Waals surface area contributed by atoms with Crippen LogP contribution in [0.3, 0.4) is 0 Å². The zero-order chi connectivity index (χ0) is 19.6. The van der Waals surface area contributed by atoms with Crippen LogP contribution in [0, 0.1) is 13.8 Å². The van der Waals surface area contributed by atoms with E-state index in [1.165, 1.54) is 4.90 Å². The second-order valence-electron chi connectivity index (χ2n) is 6.15. The largest absolute Gasteiger partial charge is 0.462 e. The molecule has 0 aliphatic carbocycles. The SMILES string of the molecule is CCOC(=O)c1ccc(N[C@H]2SC(=O)N(c3ccc(C)c(C)c3)C2=O)cc1. The summed E-state index contributed by atoms with van der Waals surface area (Å²) in [4.78, 5) is 38.0. The van der Waals surface area contributed by atoms with E-state index in [-0.39, 0.29) is 11.1 Å². The van der Waals surface area contributed by atoms with Crippen LogP contribution >= 0.6 is 11.8 Å². The van der Waals surface area contributed by atoms with Gasteiger partial charge in [-0.25, -0.2) is 9.69 Å². The molecule has 2 aromatic carbocycles. The van der Waals surface area contributed by atoms with Crippen LogP contribution in [-0.2, 0) is 9.53 Å². The number of hydrogen-bond donors (Lipinski definition) is 1. The fraction of sp³-hybridized carbons (Fsp3) is 0.250. The molecule has 2 aromatic rings. The molecule has 0 bridgehead atoms. The molecule has 1 aliphatic heterocycles. The van der Waals surface area contributed by atoms with Gasteiger partial charge in [-0.05, 0) is 80.1 Å². The van der Waals surface area contributed by atoms with Crippen LogP contribution in [0.1, 0.15) is 28.4 Å². The van der Waals surface area contributed by atoms with Crippen LogP contribution in [0.25, 0.3) is 0 Å². The van der Waals surface area contributed by atoms with Gasteiger partial charge in [0.15, 0.2) is 5.37 Å². The number of benzene rings is 2. The predicted molar refractivity (Wildman–Crippen MR) is 106 cm³/mol. The molecule has 7 heteroatoms. The summed E-state index contributed by atoms with van der Waals surface area (Å²) >= 11 is 0.935. The molecule has 1 aliphatic rings. The van der Waals surface area contributed by atoms with E-state index in [4.69, 9.17) is 4.74 Å². The van der Waals surface area contributed by atoms with E-state index in [1.54, 1.807) is 37.3 Å². The maximum atomic E-state index is 12.7. The Bertz CT molecular complexity index is 895. The number of ether oxygens (including phenoxy) is 1. The molecule has 27 heavy (non-hydrogen) atoms. The van der Waals surface area contributed by atoms with Crippen molar-refractivity contribution in [3.8, 4) is 0 Å². The summed E-state index contributed by atoms with van der Waals surface area (Å²) in [6, 6.07) is 12.1. The molecule has 0 saturated carbocycles. The fourth-order valence-corrected chi connectivity index (χ4v) is 3.57. The molecule has 0 unspecified atom stereocenters. The van der Waals surface area contributed by atoms with Crippen molar-refractivity contribution in [1.82, 2.24) is 0 Å². The molecular weight excluding hydrogens is 364 g/mol. The van der Waals surface area contributed by atoms with Crippen LogP contribution in [0.15, 0.2) is 42.5 Å². The first-order valence-electron chi connectivity index (χ1n) is 8.56. The van der Waals surface area contributed by atoms with Gasteiger partial charge in [0.1, 0.15) is 0 Å². The quantitative estimate of drug-likeness (QED) is 0.782. The summed E-state index contributed by atoms with van der Waals surface area (Å²) in [5, 5.41) is 2.01. The molecule has 0 aromatic heterocycles. The van der Waals surface area contributed by atoms with E-state index in [2.05, 4.69) is 5.32 Å². The first kappa shape index (κ1) is 19.0. The molecular formula is C20H20N2O4S. The zero-order valence-electron chi connectivity index (χ0n) is 15.3. The summed E-state index contributed by atoms with van der Waals surface area (Å²) < 4.78 is 4.94. The maximum absolute atomic E-state index is 12.7. The number of carbonyl (C=O) groups excluding carboxylic acids is 3. The lowest BCUT2D eigenvalue weighted by atomic mass is 10.1. The molecule has 6 nitrogen and oxygen atoms in total. The highest BCUT2D eigenvalue weighted by molar-refractivity contribution is 8.16. The van der Waals surface area contributed by atoms with Gasteiger partial charge in [-0.2, -0.15) is 0 Å². The van der Waals surface area contributed by atoms with E-state index in [9.17, 15) is 14.4 Å². The number of amides is 2. The van der Waals surface area contributed by atoms with Gasteiger partial charge in [0.05, 0.1) is 17.9 Å². The summed E-state index contributed by atoms with van der Waals surface area (Å²) in [5.41, 5.74) is 3.76. The number of thioether (sulfide) groups is 1. The first-order chi connectivity index (χ1) is 12.9. The minimum atomic E-state index is -0.715. The van der Waals surface area contributed by atoms with Crippen molar-refractivity contribution in [3.63, 3.8) is 0 Å². The summed E-state index contributed by atoms with van der Waals surface area (Å²) in [6.07, 6.45) is 0. The van der Waals surface area contributed by atoms with Crippen molar-refractivity contribution in [3.05, 3.63) is 59.2 Å². The van der Waals surface area contributed by atoms with Gasteiger partial charge in [-0.1, -0.05) is 6.07 Å². The van der Waals surface area contributed by atoms with Crippen LogP contribution in [0.5, 0.6) is 0 Å². The van der Waals surface area contributed by atoms with Gasteiger partial charge in [0.2, 0.25) is 0 Å². The second kappa shape index (κ2) is 7.84. The van der Waals surface area contributed by atoms with Crippen molar-refractivity contribution >= 4 is 40.3 Å². The smallest absolute Gasteiger partial charge is 0.338 e. The molecule has 1 saturated heterocycles. The van der Waals surface area contributed by atoms with E-state index < -0.39 is 11.3 Å². The first-order valence-corrected chi connectivity index (χ1v) is 9.44. The van der Waals surface area contributed by atoms with Gasteiger partial charge < -0.3 is 10.1 Å². The lowest BCUT2D eigenvalue weighted by molar-refractivity contribution is -0.116. The topological polar surface area (TPSA) is 75.7 Å². The highest BCUT2D eigenvalue weighted by Crippen LogP contribution is 2.33. The average molecular weight is 384 g/mol. The third-order valence-electron chi connectivity index (χ3n) is 4.29. The summed E-state index contributed by atoms with van der Waals surface area (Å²) in [7, 11) is 0. The summed E-state index contributed by atoms with van der Waals surface area (Å²) in [5.74, 6) is -0.714. The van der Waals surface area contributed by atoms with Crippen LogP contribution in [0.4, 0.5) is 16.2 Å². The lowest BCUT2D eigenvalue weighted by Crippen LogP contribution is -2.34. The van der Waals surface area contributed by atoms with Crippen molar-refractivity contribution in [2.24, 2.45) is 0 Å². The molecule has 0 radical (unpaired) electrons. The normalized spacial score (nSPS) is 16.6. The number of rotatable bonds is 5. The number of aryl methyl sites for hydroxylation is 2. The highest BCUT2D eigenvalue weighted by atomic mass is 32.2. The minimum Gasteiger partial charge on any atom is -0.462 e. The Hall–Kier alpha value is -2.80. The van der Waals surface area contributed by atoms with Gasteiger partial charge in [-0.3, -0.25) is 9.59 Å². The second-order valence-corrected chi connectivity index (χ2v) is 7.20. The van der Waals surface area contributed by atoms with Crippen LogP contribution in [0.2, 0.25) is 0 Å². The Morgan fingerprint density at radius 2 is 1.81 bits per heavy atom. The molecule has 1 atom stereocenters. The van der Waals surface area contributed by atoms with Crippen LogP contribution < -0.4 is 10.2 Å². The number of hydrogen-bond acceptors (Lipinski definition) is 6. The number of anilines is 2. The third-order valence-corrected chi connectivity index (χ3v) is 5.23. The van der Waals surface area contributed by atoms with Crippen LogP contribution in [-0.4, -0.2) is 29.1 Å². The molecule has 140 valence electrons. The molecule has 1 fully saturated rings. The van der Waals surface area contributed by atoms with E-state index in [0.717, 1.165) is 22.9 Å². The van der Waals surface area contributed by atoms with Crippen molar-refractivity contribution < 1.29 is 19.1 Å². The number of imide groups is 1. The van der Waals surface area contributed by atoms with Gasteiger partial charge in [0, 0.05) is 5.69 Å². The van der Waals surface area contributed by atoms with Gasteiger partial charge in [-0.15, -0.1) is 0 Å². The maximum Gasteiger partial charge on any atom is 0.338 e. The predicted octanol–water partition coefficient (Wildman–Crippen LogP) is 4.12. The Labute approximate surface area is 161 Å². The minimum absolute atomic E-state index is 0.308. The number of nitrogens with one attached hydrogen (secondary N) is 1. The monoisotopic (exact) mass is 384 g/mol. The Balaban J connectivity index is 1.73. The third kappa shape index (κ3) is 3.98. The summed E-state index contributed by atoms with van der Waals surface area (Å²) in [6.45, 7) is 5.97. The molecule has 0 spiro atoms. The molecule has 2 amide bonds. The van der Waals surface area contributed by atoms with E-state index in [0.29, 0.717) is 23.5 Å². The van der Waals surface area contributed by atoms with Gasteiger partial charge >= 0.3 is 5.97 Å². The molecule has 1 heterocycles. The standard InChI is InChI=1S/C20H20N2O4S/c1-4-26-19(24)14-6-8-15(9-7-14)21-17-18(23)22(20(25)27-17)16-10-5-12(2)13(3)11-16/h5-11,17,21H,4H2,1-3H3/t17-/m0/s1. The Morgan fingerprint density at radius 3 is 2.44 bits per heavy atom. The van der Waals surface area contributed by atoms with E-state index >= 15 is 0 Å². The fourth-order valence-electron chi connectivity index (χ4n) is 2.67. The highest BCUT2D eigenvalue weighted by Gasteiger charge is 2.40. The Morgan fingerprint density at radius 1 is 1.11 bits per heavy atom. The molecule has 1 N–H and O–H groups in total. The number of carbonyl (C=O) groups is 3. The van der Waals surface area contributed by atoms with Gasteiger partial charge in [0.25, 0.3) is 11.1 Å². The average Bonchev–Trinajstić information content (AvgIpc) is 2.92. The number of nitrogens with zero attached hydrogens (tertiary/aromatic N) is 1. The molecule has 3 rings (SSSR count). The van der Waals surface area contributed by atoms with Crippen molar-refractivity contribution in [2.75, 3.05) is 16.8 Å². The van der Waals surface area contributed by atoms with Crippen molar-refractivity contribution in [1.29, 1.82) is 0 Å². The van der Waals surface area contributed by atoms with E-state index in [1.807, 2.05) is 26.0 Å². The van der Waals surface area contributed by atoms with Crippen molar-refractivity contribution in [2.45, 2.75) is 26.1 Å².